The summed E-state index contributed by atoms with van der Waals surface area (Å²) in [4.78, 5) is 6.90. The smallest absolute Gasteiger partial charge is 0.146 e. The number of benzene rings is 1. The Hall–Kier alpha value is -2.20. The standard InChI is InChI=1S/C15H13N3S/c1-11-6-8-13(19-11)10-16-18-15-9-7-12-4-2-3-5-14(12)17-15/h2-10H,1H3,(H,17,18)/b16-10-. The Bertz CT molecular complexity index is 731. The maximum Gasteiger partial charge on any atom is 0.146 e. The Morgan fingerprint density at radius 3 is 2.84 bits per heavy atom. The van der Waals surface area contributed by atoms with Crippen LogP contribution in [0.25, 0.3) is 10.9 Å². The third kappa shape index (κ3) is 2.80. The number of nitrogens with one attached hydrogen (secondary N) is 1. The summed E-state index contributed by atoms with van der Waals surface area (Å²) in [5, 5.41) is 5.34. The number of anilines is 1. The Morgan fingerprint density at radius 1 is 1.11 bits per heavy atom. The van der Waals surface area contributed by atoms with Gasteiger partial charge in [-0.1, -0.05) is 18.2 Å². The second-order valence-corrected chi connectivity index (χ2v) is 5.53. The molecule has 0 aliphatic carbocycles. The lowest BCUT2D eigenvalue weighted by Crippen LogP contribution is -1.92. The molecule has 94 valence electrons. The fourth-order valence-electron chi connectivity index (χ4n) is 1.81. The molecule has 3 rings (SSSR count). The van der Waals surface area contributed by atoms with Crippen LogP contribution >= 0.6 is 11.3 Å². The molecule has 1 N–H and O–H groups in total. The Morgan fingerprint density at radius 2 is 2.00 bits per heavy atom. The SMILES string of the molecule is Cc1ccc(/C=N\Nc2ccc3ccccc3n2)s1. The number of aromatic nitrogens is 1. The summed E-state index contributed by atoms with van der Waals surface area (Å²) >= 11 is 1.72. The van der Waals surface area contributed by atoms with Gasteiger partial charge in [0.15, 0.2) is 0 Å². The average molecular weight is 267 g/mol. The van der Waals surface area contributed by atoms with Crippen molar-refractivity contribution >= 4 is 34.3 Å². The van der Waals surface area contributed by atoms with E-state index in [-0.39, 0.29) is 0 Å². The molecule has 0 saturated carbocycles. The van der Waals surface area contributed by atoms with Gasteiger partial charge in [-0.2, -0.15) is 5.10 Å². The van der Waals surface area contributed by atoms with Crippen molar-refractivity contribution in [3.8, 4) is 0 Å². The fraction of sp³-hybridized carbons (Fsp3) is 0.0667. The minimum atomic E-state index is 0.753. The minimum Gasteiger partial charge on any atom is -0.261 e. The zero-order valence-electron chi connectivity index (χ0n) is 10.5. The summed E-state index contributed by atoms with van der Waals surface area (Å²) in [5.74, 6) is 0.753. The van der Waals surface area contributed by atoms with Crippen molar-refractivity contribution in [2.75, 3.05) is 5.43 Å². The van der Waals surface area contributed by atoms with Crippen molar-refractivity contribution in [2.24, 2.45) is 5.10 Å². The van der Waals surface area contributed by atoms with Crippen molar-refractivity contribution < 1.29 is 0 Å². The van der Waals surface area contributed by atoms with Crippen LogP contribution in [0.4, 0.5) is 5.82 Å². The highest BCUT2D eigenvalue weighted by Gasteiger charge is 1.96. The van der Waals surface area contributed by atoms with Crippen LogP contribution in [0.2, 0.25) is 0 Å². The van der Waals surface area contributed by atoms with Crippen molar-refractivity contribution in [2.45, 2.75) is 6.92 Å². The monoisotopic (exact) mass is 267 g/mol. The lowest BCUT2D eigenvalue weighted by molar-refractivity contribution is 1.27. The molecule has 0 fully saturated rings. The number of para-hydroxylation sites is 1. The van der Waals surface area contributed by atoms with Gasteiger partial charge >= 0.3 is 0 Å². The quantitative estimate of drug-likeness (QED) is 0.574. The molecule has 0 saturated heterocycles. The van der Waals surface area contributed by atoms with Gasteiger partial charge in [-0.15, -0.1) is 11.3 Å². The van der Waals surface area contributed by atoms with E-state index >= 15 is 0 Å². The second kappa shape index (κ2) is 5.20. The number of hydrogen-bond donors (Lipinski definition) is 1. The lowest BCUT2D eigenvalue weighted by atomic mass is 10.2. The van der Waals surface area contributed by atoms with Gasteiger partial charge in [0.2, 0.25) is 0 Å². The zero-order chi connectivity index (χ0) is 13.1. The van der Waals surface area contributed by atoms with Crippen molar-refractivity contribution in [3.63, 3.8) is 0 Å². The number of hydrogen-bond acceptors (Lipinski definition) is 4. The van der Waals surface area contributed by atoms with Gasteiger partial charge in [0.1, 0.15) is 5.82 Å². The van der Waals surface area contributed by atoms with Crippen molar-refractivity contribution in [1.29, 1.82) is 0 Å². The van der Waals surface area contributed by atoms with Crippen LogP contribution in [0.1, 0.15) is 9.75 Å². The summed E-state index contributed by atoms with van der Waals surface area (Å²) in [7, 11) is 0. The van der Waals surface area contributed by atoms with Gasteiger partial charge in [-0.05, 0) is 37.3 Å². The summed E-state index contributed by atoms with van der Waals surface area (Å²) in [6.45, 7) is 2.08. The fourth-order valence-corrected chi connectivity index (χ4v) is 2.56. The molecule has 0 atom stereocenters. The van der Waals surface area contributed by atoms with E-state index in [4.69, 9.17) is 0 Å². The van der Waals surface area contributed by atoms with E-state index in [0.717, 1.165) is 21.6 Å². The van der Waals surface area contributed by atoms with E-state index in [0.29, 0.717) is 0 Å². The molecular formula is C15H13N3S. The van der Waals surface area contributed by atoms with E-state index in [1.807, 2.05) is 42.6 Å². The van der Waals surface area contributed by atoms with Crippen LogP contribution in [-0.4, -0.2) is 11.2 Å². The third-order valence-electron chi connectivity index (χ3n) is 2.73. The van der Waals surface area contributed by atoms with E-state index in [1.165, 1.54) is 4.88 Å². The van der Waals surface area contributed by atoms with E-state index in [1.54, 1.807) is 11.3 Å². The highest BCUT2D eigenvalue weighted by atomic mass is 32.1. The van der Waals surface area contributed by atoms with Crippen molar-refractivity contribution in [1.82, 2.24) is 4.98 Å². The molecule has 0 aliphatic rings. The van der Waals surface area contributed by atoms with Gasteiger partial charge in [0.05, 0.1) is 11.7 Å². The number of nitrogens with zero attached hydrogens (tertiary/aromatic N) is 2. The number of fused-ring (bicyclic) bond motifs is 1. The molecule has 0 unspecified atom stereocenters. The van der Waals surface area contributed by atoms with Crippen LogP contribution in [0.15, 0.2) is 53.6 Å². The van der Waals surface area contributed by atoms with Crippen LogP contribution in [-0.2, 0) is 0 Å². The van der Waals surface area contributed by atoms with Crippen LogP contribution in [0.5, 0.6) is 0 Å². The molecule has 0 radical (unpaired) electrons. The van der Waals surface area contributed by atoms with Crippen LogP contribution < -0.4 is 5.43 Å². The first-order chi connectivity index (χ1) is 9.31. The number of hydrazone groups is 1. The number of pyridine rings is 1. The molecule has 3 aromatic rings. The van der Waals surface area contributed by atoms with Gasteiger partial charge in [-0.25, -0.2) is 4.98 Å². The predicted molar refractivity (Wildman–Crippen MR) is 82.0 cm³/mol. The summed E-state index contributed by atoms with van der Waals surface area (Å²) < 4.78 is 0. The maximum atomic E-state index is 4.49. The predicted octanol–water partition coefficient (Wildman–Crippen LogP) is 4.05. The normalized spacial score (nSPS) is 11.2. The van der Waals surface area contributed by atoms with Gasteiger partial charge < -0.3 is 0 Å². The molecule has 3 nitrogen and oxygen atoms in total. The Kier molecular flexibility index (Phi) is 3.25. The summed E-state index contributed by atoms with van der Waals surface area (Å²) in [6, 6.07) is 16.1. The third-order valence-corrected chi connectivity index (χ3v) is 3.67. The van der Waals surface area contributed by atoms with Gasteiger partial charge in [0.25, 0.3) is 0 Å². The Balaban J connectivity index is 1.76. The molecular weight excluding hydrogens is 254 g/mol. The first-order valence-corrected chi connectivity index (χ1v) is 6.84. The first kappa shape index (κ1) is 11.9. The highest BCUT2D eigenvalue weighted by molar-refractivity contribution is 7.13. The molecule has 4 heteroatoms. The average Bonchev–Trinajstić information content (AvgIpc) is 2.84. The molecule has 0 amide bonds. The number of rotatable bonds is 3. The van der Waals surface area contributed by atoms with Crippen molar-refractivity contribution in [3.05, 3.63) is 58.3 Å². The number of thiophene rings is 1. The van der Waals surface area contributed by atoms with E-state index in [9.17, 15) is 0 Å². The largest absolute Gasteiger partial charge is 0.261 e. The lowest BCUT2D eigenvalue weighted by Gasteiger charge is -2.01. The molecule has 1 aromatic carbocycles. The summed E-state index contributed by atoms with van der Waals surface area (Å²) in [6.07, 6.45) is 1.81. The second-order valence-electron chi connectivity index (χ2n) is 4.21. The number of aryl methyl sites for hydroxylation is 1. The molecule has 0 spiro atoms. The molecule has 2 aromatic heterocycles. The Labute approximate surface area is 115 Å². The molecule has 0 bridgehead atoms. The molecule has 2 heterocycles. The van der Waals surface area contributed by atoms with Crippen LogP contribution in [0.3, 0.4) is 0 Å². The summed E-state index contributed by atoms with van der Waals surface area (Å²) in [5.41, 5.74) is 3.93. The van der Waals surface area contributed by atoms with E-state index < -0.39 is 0 Å². The highest BCUT2D eigenvalue weighted by Crippen LogP contribution is 2.15. The maximum absolute atomic E-state index is 4.49. The topological polar surface area (TPSA) is 37.3 Å². The zero-order valence-corrected chi connectivity index (χ0v) is 11.3. The minimum absolute atomic E-state index is 0.753. The van der Waals surface area contributed by atoms with Crippen LogP contribution in [0, 0.1) is 6.92 Å². The first-order valence-electron chi connectivity index (χ1n) is 6.02. The van der Waals surface area contributed by atoms with Gasteiger partial charge in [0, 0.05) is 15.1 Å². The van der Waals surface area contributed by atoms with Gasteiger partial charge in [-0.3, -0.25) is 5.43 Å². The van der Waals surface area contributed by atoms with E-state index in [2.05, 4.69) is 34.6 Å². The molecule has 19 heavy (non-hydrogen) atoms. The molecule has 0 aliphatic heterocycles.